The largest absolute Gasteiger partial charge is 0.481 e. The first-order valence-corrected chi connectivity index (χ1v) is 6.77. The molecule has 0 aromatic heterocycles. The lowest BCUT2D eigenvalue weighted by Crippen LogP contribution is -2.40. The summed E-state index contributed by atoms with van der Waals surface area (Å²) in [5, 5.41) is 22.2. The Bertz CT molecular complexity index is 561. The van der Waals surface area contributed by atoms with E-state index in [0.717, 1.165) is 0 Å². The summed E-state index contributed by atoms with van der Waals surface area (Å²) in [6, 6.07) is 5.89. The molecule has 1 aromatic carbocycles. The number of carbonyl (C=O) groups is 2. The van der Waals surface area contributed by atoms with Crippen molar-refractivity contribution in [1.82, 2.24) is 5.32 Å². The van der Waals surface area contributed by atoms with Crippen molar-refractivity contribution in [2.24, 2.45) is 0 Å². The van der Waals surface area contributed by atoms with Crippen LogP contribution < -0.4 is 10.2 Å². The average molecular weight is 309 g/mol. The normalized spacial score (nSPS) is 11.5. The minimum Gasteiger partial charge on any atom is -0.481 e. The quantitative estimate of drug-likeness (QED) is 0.554. The Morgan fingerprint density at radius 1 is 1.41 bits per heavy atom. The molecule has 0 saturated heterocycles. The van der Waals surface area contributed by atoms with E-state index in [1.165, 1.54) is 11.0 Å². The summed E-state index contributed by atoms with van der Waals surface area (Å²) in [5.74, 6) is -1.24. The molecule has 1 amide bonds. The van der Waals surface area contributed by atoms with E-state index in [2.05, 4.69) is 5.32 Å². The van der Waals surface area contributed by atoms with Gasteiger partial charge in [-0.05, 0) is 19.4 Å². The minimum atomic E-state index is -0.918. The van der Waals surface area contributed by atoms with E-state index in [9.17, 15) is 19.7 Å². The van der Waals surface area contributed by atoms with Crippen LogP contribution in [-0.2, 0) is 9.59 Å². The molecular formula is C14H19N3O5. The van der Waals surface area contributed by atoms with Gasteiger partial charge in [-0.1, -0.05) is 12.1 Å². The van der Waals surface area contributed by atoms with Gasteiger partial charge in [-0.2, -0.15) is 0 Å². The monoisotopic (exact) mass is 309 g/mol. The van der Waals surface area contributed by atoms with Crippen molar-refractivity contribution in [1.29, 1.82) is 0 Å². The molecule has 120 valence electrons. The number of amides is 1. The third kappa shape index (κ3) is 5.39. The van der Waals surface area contributed by atoms with E-state index in [1.807, 2.05) is 0 Å². The van der Waals surface area contributed by atoms with E-state index in [0.29, 0.717) is 12.1 Å². The number of hydrogen-bond donors (Lipinski definition) is 2. The van der Waals surface area contributed by atoms with Crippen molar-refractivity contribution in [2.75, 3.05) is 18.5 Å². The number of benzene rings is 1. The van der Waals surface area contributed by atoms with Crippen LogP contribution in [0, 0.1) is 10.1 Å². The highest BCUT2D eigenvalue weighted by Crippen LogP contribution is 2.26. The highest BCUT2D eigenvalue weighted by atomic mass is 16.6. The van der Waals surface area contributed by atoms with Gasteiger partial charge in [0.2, 0.25) is 5.91 Å². The Hall–Kier alpha value is -2.64. The Kier molecular flexibility index (Phi) is 6.30. The number of nitro benzene ring substituents is 1. The number of carbonyl (C=O) groups excluding carboxylic acids is 1. The summed E-state index contributed by atoms with van der Waals surface area (Å²) >= 11 is 0. The molecule has 0 aliphatic heterocycles. The lowest BCUT2D eigenvalue weighted by molar-refractivity contribution is -0.384. The van der Waals surface area contributed by atoms with E-state index in [4.69, 9.17) is 5.11 Å². The number of likely N-dealkylation sites (N-methyl/N-ethyl adjacent to an activating group) is 1. The van der Waals surface area contributed by atoms with Crippen LogP contribution in [0.15, 0.2) is 24.3 Å². The van der Waals surface area contributed by atoms with Crippen molar-refractivity contribution in [3.05, 3.63) is 34.4 Å². The summed E-state index contributed by atoms with van der Waals surface area (Å²) in [6.07, 6.45) is 0.303. The maximum absolute atomic E-state index is 11.9. The lowest BCUT2D eigenvalue weighted by atomic mass is 10.2. The van der Waals surface area contributed by atoms with Gasteiger partial charge in [-0.15, -0.1) is 0 Å². The van der Waals surface area contributed by atoms with Gasteiger partial charge >= 0.3 is 5.97 Å². The van der Waals surface area contributed by atoms with Crippen molar-refractivity contribution >= 4 is 23.3 Å². The standard InChI is InChI=1S/C14H19N3O5/c1-10(7-8-14(19)20)15-13(18)9-16(2)11-5-3-4-6-12(11)17(21)22/h3-6,10H,7-9H2,1-2H3,(H,15,18)(H,19,20). The van der Waals surface area contributed by atoms with Gasteiger partial charge in [-0.3, -0.25) is 19.7 Å². The second-order valence-corrected chi connectivity index (χ2v) is 5.00. The fourth-order valence-electron chi connectivity index (χ4n) is 1.97. The number of nitrogens with zero attached hydrogens (tertiary/aromatic N) is 2. The van der Waals surface area contributed by atoms with Gasteiger partial charge in [0.25, 0.3) is 5.69 Å². The second-order valence-electron chi connectivity index (χ2n) is 5.00. The Labute approximate surface area is 127 Å². The van der Waals surface area contributed by atoms with E-state index in [-0.39, 0.29) is 30.6 Å². The predicted octanol–water partition coefficient (Wildman–Crippen LogP) is 1.40. The van der Waals surface area contributed by atoms with Gasteiger partial charge in [0, 0.05) is 25.6 Å². The zero-order valence-electron chi connectivity index (χ0n) is 12.5. The molecule has 1 unspecified atom stereocenters. The first-order valence-electron chi connectivity index (χ1n) is 6.77. The van der Waals surface area contributed by atoms with Crippen molar-refractivity contribution in [3.63, 3.8) is 0 Å². The molecule has 0 fully saturated rings. The number of carboxylic acid groups (broad SMARTS) is 1. The highest BCUT2D eigenvalue weighted by molar-refractivity contribution is 5.82. The third-order valence-corrected chi connectivity index (χ3v) is 3.07. The van der Waals surface area contributed by atoms with Crippen molar-refractivity contribution in [3.8, 4) is 0 Å². The van der Waals surface area contributed by atoms with Crippen LogP contribution in [-0.4, -0.2) is 41.5 Å². The summed E-state index contributed by atoms with van der Waals surface area (Å²) in [6.45, 7) is 1.66. The van der Waals surface area contributed by atoms with Gasteiger partial charge in [0.1, 0.15) is 5.69 Å². The smallest absolute Gasteiger partial charge is 0.303 e. The van der Waals surface area contributed by atoms with Crippen molar-refractivity contribution in [2.45, 2.75) is 25.8 Å². The fraction of sp³-hybridized carbons (Fsp3) is 0.429. The number of hydrogen-bond acceptors (Lipinski definition) is 5. The lowest BCUT2D eigenvalue weighted by Gasteiger charge is -2.20. The van der Waals surface area contributed by atoms with Crippen LogP contribution in [0.2, 0.25) is 0 Å². The zero-order valence-corrected chi connectivity index (χ0v) is 12.5. The second kappa shape index (κ2) is 7.96. The van der Waals surface area contributed by atoms with Crippen LogP contribution in [0.4, 0.5) is 11.4 Å². The molecule has 0 aliphatic rings. The molecule has 8 heteroatoms. The van der Waals surface area contributed by atoms with Crippen LogP contribution in [0.5, 0.6) is 0 Å². The fourth-order valence-corrected chi connectivity index (χ4v) is 1.97. The Morgan fingerprint density at radius 2 is 2.05 bits per heavy atom. The molecule has 1 atom stereocenters. The summed E-state index contributed by atoms with van der Waals surface area (Å²) in [7, 11) is 1.59. The molecule has 0 aliphatic carbocycles. The SMILES string of the molecule is CC(CCC(=O)O)NC(=O)CN(C)c1ccccc1[N+](=O)[O-]. The van der Waals surface area contributed by atoms with Crippen LogP contribution >= 0.6 is 0 Å². The first-order chi connectivity index (χ1) is 10.3. The van der Waals surface area contributed by atoms with Crippen LogP contribution in [0.1, 0.15) is 19.8 Å². The molecule has 1 aromatic rings. The first kappa shape index (κ1) is 17.4. The number of nitrogens with one attached hydrogen (secondary N) is 1. The van der Waals surface area contributed by atoms with Crippen molar-refractivity contribution < 1.29 is 19.6 Å². The molecule has 0 heterocycles. The van der Waals surface area contributed by atoms with E-state index in [1.54, 1.807) is 32.2 Å². The van der Waals surface area contributed by atoms with E-state index < -0.39 is 10.9 Å². The van der Waals surface area contributed by atoms with Gasteiger partial charge in [0.15, 0.2) is 0 Å². The summed E-state index contributed by atoms with van der Waals surface area (Å²) in [5.41, 5.74) is 0.276. The number of anilines is 1. The molecule has 22 heavy (non-hydrogen) atoms. The number of carboxylic acids is 1. The maximum atomic E-state index is 11.9. The Morgan fingerprint density at radius 3 is 2.64 bits per heavy atom. The molecule has 0 radical (unpaired) electrons. The predicted molar refractivity (Wildman–Crippen MR) is 80.8 cm³/mol. The number of nitro groups is 1. The van der Waals surface area contributed by atoms with Gasteiger partial charge in [-0.25, -0.2) is 0 Å². The highest BCUT2D eigenvalue weighted by Gasteiger charge is 2.18. The minimum absolute atomic E-state index is 0.0263. The van der Waals surface area contributed by atoms with Crippen LogP contribution in [0.3, 0.4) is 0 Å². The third-order valence-electron chi connectivity index (χ3n) is 3.07. The average Bonchev–Trinajstić information content (AvgIpc) is 2.44. The molecule has 1 rings (SSSR count). The number of rotatable bonds is 8. The van der Waals surface area contributed by atoms with Gasteiger partial charge in [0.05, 0.1) is 11.5 Å². The number of aliphatic carboxylic acids is 1. The molecule has 8 nitrogen and oxygen atoms in total. The molecule has 2 N–H and O–H groups in total. The molecule has 0 bridgehead atoms. The Balaban J connectivity index is 2.61. The van der Waals surface area contributed by atoms with Gasteiger partial charge < -0.3 is 15.3 Å². The summed E-state index contributed by atoms with van der Waals surface area (Å²) in [4.78, 5) is 34.3. The van der Waals surface area contributed by atoms with E-state index >= 15 is 0 Å². The zero-order chi connectivity index (χ0) is 16.7. The van der Waals surface area contributed by atoms with Crippen LogP contribution in [0.25, 0.3) is 0 Å². The number of para-hydroxylation sites is 2. The summed E-state index contributed by atoms with van der Waals surface area (Å²) < 4.78 is 0. The topological polar surface area (TPSA) is 113 Å². The molecule has 0 saturated carbocycles. The maximum Gasteiger partial charge on any atom is 0.303 e. The molecule has 0 spiro atoms. The molecular weight excluding hydrogens is 290 g/mol.